The molecule has 6 heteroatoms. The van der Waals surface area contributed by atoms with E-state index in [-0.39, 0.29) is 22.7 Å². The van der Waals surface area contributed by atoms with Crippen LogP contribution in [0.4, 0.5) is 5.69 Å². The van der Waals surface area contributed by atoms with Crippen LogP contribution in [0.2, 0.25) is 0 Å². The first-order chi connectivity index (χ1) is 11.5. The van der Waals surface area contributed by atoms with Gasteiger partial charge in [0.2, 0.25) is 0 Å². The molecule has 0 atom stereocenters. The fraction of sp³-hybridized carbons (Fsp3) is 0.167. The van der Waals surface area contributed by atoms with E-state index in [4.69, 9.17) is 9.47 Å². The summed E-state index contributed by atoms with van der Waals surface area (Å²) in [5.74, 6) is -0.0262. The summed E-state index contributed by atoms with van der Waals surface area (Å²) in [6, 6.07) is 10.1. The number of allylic oxidation sites excluding steroid dienone is 1. The van der Waals surface area contributed by atoms with Gasteiger partial charge in [-0.2, -0.15) is 0 Å². The van der Waals surface area contributed by atoms with Crippen LogP contribution in [-0.2, 0) is 0 Å². The molecule has 24 heavy (non-hydrogen) atoms. The average molecular weight is 327 g/mol. The number of ether oxygens (including phenoxy) is 2. The van der Waals surface area contributed by atoms with Gasteiger partial charge in [0.15, 0.2) is 17.3 Å². The summed E-state index contributed by atoms with van der Waals surface area (Å²) < 4.78 is 10.2. The van der Waals surface area contributed by atoms with Crippen molar-refractivity contribution in [3.8, 4) is 11.5 Å². The van der Waals surface area contributed by atoms with Crippen LogP contribution in [0, 0.1) is 17.0 Å². The largest absolute Gasteiger partial charge is 0.493 e. The van der Waals surface area contributed by atoms with Crippen LogP contribution in [0.15, 0.2) is 42.5 Å². The number of carbonyl (C=O) groups excluding carboxylic acids is 1. The number of ketones is 1. The van der Waals surface area contributed by atoms with E-state index in [1.165, 1.54) is 32.4 Å². The fourth-order valence-corrected chi connectivity index (χ4v) is 2.16. The van der Waals surface area contributed by atoms with Gasteiger partial charge in [0, 0.05) is 6.07 Å². The number of hydrogen-bond donors (Lipinski definition) is 0. The van der Waals surface area contributed by atoms with Crippen molar-refractivity contribution < 1.29 is 19.2 Å². The number of nitrogens with zero attached hydrogens (tertiary/aromatic N) is 1. The minimum Gasteiger partial charge on any atom is -0.493 e. The number of hydrogen-bond acceptors (Lipinski definition) is 5. The van der Waals surface area contributed by atoms with Gasteiger partial charge in [-0.05, 0) is 18.6 Å². The molecule has 0 heterocycles. The molecule has 0 aliphatic heterocycles. The van der Waals surface area contributed by atoms with Crippen LogP contribution in [0.25, 0.3) is 6.08 Å². The van der Waals surface area contributed by atoms with Crippen LogP contribution < -0.4 is 9.47 Å². The highest BCUT2D eigenvalue weighted by Gasteiger charge is 2.23. The second kappa shape index (κ2) is 7.41. The Morgan fingerprint density at radius 1 is 1.08 bits per heavy atom. The predicted octanol–water partition coefficient (Wildman–Crippen LogP) is 3.82. The van der Waals surface area contributed by atoms with Gasteiger partial charge in [-0.25, -0.2) is 0 Å². The smallest absolute Gasteiger partial charge is 0.284 e. The number of carbonyl (C=O) groups is 1. The van der Waals surface area contributed by atoms with Crippen molar-refractivity contribution >= 4 is 17.5 Å². The predicted molar refractivity (Wildman–Crippen MR) is 90.7 cm³/mol. The lowest BCUT2D eigenvalue weighted by Crippen LogP contribution is -2.03. The van der Waals surface area contributed by atoms with Gasteiger partial charge in [-0.3, -0.25) is 14.9 Å². The Kier molecular flexibility index (Phi) is 5.31. The Balaban J connectivity index is 2.40. The number of methoxy groups -OCH3 is 2. The number of rotatable bonds is 6. The van der Waals surface area contributed by atoms with E-state index in [1.807, 2.05) is 31.2 Å². The lowest BCUT2D eigenvalue weighted by Gasteiger charge is -2.09. The van der Waals surface area contributed by atoms with Crippen molar-refractivity contribution in [2.75, 3.05) is 14.2 Å². The van der Waals surface area contributed by atoms with Crippen LogP contribution in [-0.4, -0.2) is 24.9 Å². The van der Waals surface area contributed by atoms with Crippen LogP contribution in [0.1, 0.15) is 21.5 Å². The topological polar surface area (TPSA) is 78.7 Å². The Labute approximate surface area is 139 Å². The third-order valence-electron chi connectivity index (χ3n) is 3.47. The lowest BCUT2D eigenvalue weighted by atomic mass is 10.1. The minimum atomic E-state index is -0.616. The van der Waals surface area contributed by atoms with Crippen molar-refractivity contribution in [1.82, 2.24) is 0 Å². The van der Waals surface area contributed by atoms with Crippen LogP contribution in [0.5, 0.6) is 11.5 Å². The summed E-state index contributed by atoms with van der Waals surface area (Å²) >= 11 is 0. The summed E-state index contributed by atoms with van der Waals surface area (Å²) in [5.41, 5.74) is 1.55. The molecule has 0 unspecified atom stereocenters. The number of aryl methyl sites for hydroxylation is 1. The second-order valence-electron chi connectivity index (χ2n) is 5.09. The molecule has 2 aromatic carbocycles. The molecule has 6 nitrogen and oxygen atoms in total. The zero-order chi connectivity index (χ0) is 17.7. The molecule has 0 aliphatic carbocycles. The lowest BCUT2D eigenvalue weighted by molar-refractivity contribution is -0.385. The Bertz CT molecular complexity index is 794. The molecule has 0 saturated carbocycles. The molecule has 2 aromatic rings. The van der Waals surface area contributed by atoms with E-state index in [2.05, 4.69) is 0 Å². The molecule has 0 N–H and O–H groups in total. The highest BCUT2D eigenvalue weighted by molar-refractivity contribution is 6.10. The summed E-state index contributed by atoms with van der Waals surface area (Å²) in [4.78, 5) is 23.0. The molecule has 0 fully saturated rings. The molecule has 0 aromatic heterocycles. The van der Waals surface area contributed by atoms with E-state index in [0.717, 1.165) is 11.1 Å². The molecule has 2 rings (SSSR count). The molecule has 0 saturated heterocycles. The highest BCUT2D eigenvalue weighted by atomic mass is 16.6. The number of nitro groups is 1. The molecule has 124 valence electrons. The summed E-state index contributed by atoms with van der Waals surface area (Å²) in [5, 5.41) is 11.2. The molecule has 0 amide bonds. The van der Waals surface area contributed by atoms with Crippen molar-refractivity contribution in [1.29, 1.82) is 0 Å². The third-order valence-corrected chi connectivity index (χ3v) is 3.47. The SMILES string of the molecule is COc1cc(C(=O)C=Cc2ccc(C)cc2)c([N+](=O)[O-])cc1OC. The normalized spacial score (nSPS) is 10.6. The van der Waals surface area contributed by atoms with Gasteiger partial charge < -0.3 is 9.47 Å². The van der Waals surface area contributed by atoms with Crippen LogP contribution in [0.3, 0.4) is 0 Å². The maximum absolute atomic E-state index is 12.4. The van der Waals surface area contributed by atoms with E-state index < -0.39 is 10.7 Å². The minimum absolute atomic E-state index is 0.0546. The average Bonchev–Trinajstić information content (AvgIpc) is 2.59. The Hall–Kier alpha value is -3.15. The van der Waals surface area contributed by atoms with Gasteiger partial charge in [-0.15, -0.1) is 0 Å². The van der Waals surface area contributed by atoms with Crippen molar-refractivity contribution in [3.05, 3.63) is 69.3 Å². The van der Waals surface area contributed by atoms with E-state index in [1.54, 1.807) is 6.08 Å². The van der Waals surface area contributed by atoms with E-state index in [9.17, 15) is 14.9 Å². The summed E-state index contributed by atoms with van der Waals surface area (Å²) in [6.45, 7) is 1.96. The highest BCUT2D eigenvalue weighted by Crippen LogP contribution is 2.34. The van der Waals surface area contributed by atoms with E-state index >= 15 is 0 Å². The molecule has 0 bridgehead atoms. The fourth-order valence-electron chi connectivity index (χ4n) is 2.16. The number of benzene rings is 2. The second-order valence-corrected chi connectivity index (χ2v) is 5.09. The maximum Gasteiger partial charge on any atom is 0.284 e. The van der Waals surface area contributed by atoms with Gasteiger partial charge in [0.1, 0.15) is 5.56 Å². The van der Waals surface area contributed by atoms with Crippen molar-refractivity contribution in [2.24, 2.45) is 0 Å². The maximum atomic E-state index is 12.4. The number of nitro benzene ring substituents is 1. The third kappa shape index (κ3) is 3.78. The zero-order valence-electron chi connectivity index (χ0n) is 13.6. The molecular weight excluding hydrogens is 310 g/mol. The van der Waals surface area contributed by atoms with E-state index in [0.29, 0.717) is 0 Å². The first-order valence-electron chi connectivity index (χ1n) is 7.15. The summed E-state index contributed by atoms with van der Waals surface area (Å²) in [6.07, 6.45) is 2.92. The first kappa shape index (κ1) is 17.2. The first-order valence-corrected chi connectivity index (χ1v) is 7.15. The van der Waals surface area contributed by atoms with Gasteiger partial charge in [0.25, 0.3) is 5.69 Å². The Morgan fingerprint density at radius 2 is 1.67 bits per heavy atom. The van der Waals surface area contributed by atoms with Gasteiger partial charge >= 0.3 is 0 Å². The monoisotopic (exact) mass is 327 g/mol. The zero-order valence-corrected chi connectivity index (χ0v) is 13.6. The molecule has 0 radical (unpaired) electrons. The Morgan fingerprint density at radius 3 is 2.21 bits per heavy atom. The molecule has 0 aliphatic rings. The van der Waals surface area contributed by atoms with Gasteiger partial charge in [0.05, 0.1) is 25.2 Å². The standard InChI is InChI=1S/C18H17NO5/c1-12-4-6-13(7-5-12)8-9-16(20)14-10-17(23-2)18(24-3)11-15(14)19(21)22/h4-11H,1-3H3. The van der Waals surface area contributed by atoms with Gasteiger partial charge in [-0.1, -0.05) is 35.9 Å². The molecule has 0 spiro atoms. The molecular formula is C18H17NO5. The summed E-state index contributed by atoms with van der Waals surface area (Å²) in [7, 11) is 2.78. The van der Waals surface area contributed by atoms with Crippen molar-refractivity contribution in [3.63, 3.8) is 0 Å². The quantitative estimate of drug-likeness (QED) is 0.349. The van der Waals surface area contributed by atoms with Crippen molar-refractivity contribution in [2.45, 2.75) is 6.92 Å². The van der Waals surface area contributed by atoms with Crippen LogP contribution >= 0.6 is 0 Å².